The molecule has 1 aromatic heterocycles. The van der Waals surface area contributed by atoms with Gasteiger partial charge in [0.15, 0.2) is 0 Å². The molecule has 2 N–H and O–H groups in total. The number of rotatable bonds is 4. The van der Waals surface area contributed by atoms with E-state index in [2.05, 4.69) is 29.1 Å². The van der Waals surface area contributed by atoms with Gasteiger partial charge in [0.1, 0.15) is 5.82 Å². The summed E-state index contributed by atoms with van der Waals surface area (Å²) in [6.07, 6.45) is 4.19. The highest BCUT2D eigenvalue weighted by Gasteiger charge is 2.16. The summed E-state index contributed by atoms with van der Waals surface area (Å²) in [5, 5.41) is 0. The molecule has 0 unspecified atom stereocenters. The Hall–Kier alpha value is -1.13. The van der Waals surface area contributed by atoms with Gasteiger partial charge in [-0.3, -0.25) is 0 Å². The van der Waals surface area contributed by atoms with Crippen LogP contribution in [0.4, 0.5) is 5.82 Å². The second-order valence-electron chi connectivity index (χ2n) is 5.17. The first-order chi connectivity index (χ1) is 8.66. The summed E-state index contributed by atoms with van der Waals surface area (Å²) in [7, 11) is 2.10. The van der Waals surface area contributed by atoms with Crippen LogP contribution in [0.2, 0.25) is 0 Å². The van der Waals surface area contributed by atoms with Crippen LogP contribution in [0, 0.1) is 5.92 Å². The molecular weight excluding hydrogens is 226 g/mol. The van der Waals surface area contributed by atoms with Crippen LogP contribution in [0.3, 0.4) is 0 Å². The molecule has 100 valence electrons. The Labute approximate surface area is 109 Å². The molecule has 1 aliphatic heterocycles. The number of hydrogen-bond donors (Lipinski definition) is 1. The van der Waals surface area contributed by atoms with Crippen molar-refractivity contribution in [3.63, 3.8) is 0 Å². The van der Waals surface area contributed by atoms with E-state index < -0.39 is 0 Å². The van der Waals surface area contributed by atoms with Crippen LogP contribution in [-0.4, -0.2) is 31.8 Å². The Bertz CT molecular complexity index is 358. The van der Waals surface area contributed by atoms with E-state index >= 15 is 0 Å². The third-order valence-electron chi connectivity index (χ3n) is 3.56. The predicted octanol–water partition coefficient (Wildman–Crippen LogP) is 1.96. The lowest BCUT2D eigenvalue weighted by atomic mass is 10.00. The van der Waals surface area contributed by atoms with E-state index in [0.29, 0.717) is 0 Å². The van der Waals surface area contributed by atoms with Crippen molar-refractivity contribution in [1.82, 2.24) is 4.98 Å². The van der Waals surface area contributed by atoms with Crippen LogP contribution in [-0.2, 0) is 4.74 Å². The highest BCUT2D eigenvalue weighted by Crippen LogP contribution is 2.19. The Balaban J connectivity index is 1.93. The van der Waals surface area contributed by atoms with Crippen LogP contribution in [0.25, 0.3) is 0 Å². The number of pyridine rings is 1. The maximum Gasteiger partial charge on any atom is 0.128 e. The monoisotopic (exact) mass is 249 g/mol. The molecule has 1 aromatic rings. The number of hydrogen-bond acceptors (Lipinski definition) is 4. The van der Waals surface area contributed by atoms with E-state index in [1.54, 1.807) is 0 Å². The largest absolute Gasteiger partial charge is 0.381 e. The molecule has 0 radical (unpaired) electrons. The van der Waals surface area contributed by atoms with Crippen molar-refractivity contribution in [3.05, 3.63) is 23.9 Å². The van der Waals surface area contributed by atoms with Gasteiger partial charge in [-0.05, 0) is 37.3 Å². The summed E-state index contributed by atoms with van der Waals surface area (Å²) in [5.41, 5.74) is 6.90. The molecule has 1 aliphatic rings. The number of anilines is 1. The maximum absolute atomic E-state index is 5.82. The summed E-state index contributed by atoms with van der Waals surface area (Å²) in [6.45, 7) is 4.82. The molecule has 4 heteroatoms. The van der Waals surface area contributed by atoms with Crippen LogP contribution in [0.1, 0.15) is 31.4 Å². The average molecular weight is 249 g/mol. The third-order valence-corrected chi connectivity index (χ3v) is 3.56. The van der Waals surface area contributed by atoms with Gasteiger partial charge in [0.25, 0.3) is 0 Å². The van der Waals surface area contributed by atoms with Gasteiger partial charge in [-0.1, -0.05) is 6.07 Å². The Morgan fingerprint density at radius 3 is 2.72 bits per heavy atom. The minimum absolute atomic E-state index is 0.0485. The van der Waals surface area contributed by atoms with Gasteiger partial charge in [-0.15, -0.1) is 0 Å². The molecule has 0 bridgehead atoms. The van der Waals surface area contributed by atoms with Crippen molar-refractivity contribution >= 4 is 5.82 Å². The van der Waals surface area contributed by atoms with Gasteiger partial charge in [0.05, 0.1) is 0 Å². The lowest BCUT2D eigenvalue weighted by Crippen LogP contribution is -2.30. The fourth-order valence-corrected chi connectivity index (χ4v) is 2.30. The zero-order valence-electron chi connectivity index (χ0n) is 11.3. The van der Waals surface area contributed by atoms with Crippen LogP contribution < -0.4 is 10.6 Å². The molecular formula is C14H23N3O. The first kappa shape index (κ1) is 13.3. The number of nitrogens with two attached hydrogens (primary N) is 1. The first-order valence-electron chi connectivity index (χ1n) is 6.67. The van der Waals surface area contributed by atoms with Crippen molar-refractivity contribution in [2.45, 2.75) is 25.8 Å². The minimum atomic E-state index is 0.0485. The van der Waals surface area contributed by atoms with E-state index in [0.717, 1.165) is 49.9 Å². The molecule has 2 rings (SSSR count). The lowest BCUT2D eigenvalue weighted by Gasteiger charge is -2.27. The Morgan fingerprint density at radius 1 is 1.44 bits per heavy atom. The molecule has 2 heterocycles. The van der Waals surface area contributed by atoms with Gasteiger partial charge < -0.3 is 15.4 Å². The van der Waals surface area contributed by atoms with E-state index in [1.165, 1.54) is 0 Å². The van der Waals surface area contributed by atoms with Crippen molar-refractivity contribution < 1.29 is 4.74 Å². The van der Waals surface area contributed by atoms with E-state index in [1.807, 2.05) is 13.1 Å². The molecule has 0 saturated carbocycles. The fourth-order valence-electron chi connectivity index (χ4n) is 2.30. The summed E-state index contributed by atoms with van der Waals surface area (Å²) in [5.74, 6) is 1.74. The van der Waals surface area contributed by atoms with Crippen LogP contribution >= 0.6 is 0 Å². The maximum atomic E-state index is 5.82. The van der Waals surface area contributed by atoms with E-state index in [4.69, 9.17) is 10.5 Å². The molecule has 18 heavy (non-hydrogen) atoms. The second-order valence-corrected chi connectivity index (χ2v) is 5.17. The zero-order valence-corrected chi connectivity index (χ0v) is 11.3. The quantitative estimate of drug-likeness (QED) is 0.886. The predicted molar refractivity (Wildman–Crippen MR) is 73.7 cm³/mol. The van der Waals surface area contributed by atoms with E-state index in [9.17, 15) is 0 Å². The van der Waals surface area contributed by atoms with Crippen LogP contribution in [0.15, 0.2) is 18.3 Å². The highest BCUT2D eigenvalue weighted by atomic mass is 16.5. The number of ether oxygens (including phenoxy) is 1. The van der Waals surface area contributed by atoms with Gasteiger partial charge >= 0.3 is 0 Å². The highest BCUT2D eigenvalue weighted by molar-refractivity contribution is 5.38. The zero-order chi connectivity index (χ0) is 13.0. The first-order valence-corrected chi connectivity index (χ1v) is 6.67. The average Bonchev–Trinajstić information content (AvgIpc) is 2.40. The van der Waals surface area contributed by atoms with E-state index in [-0.39, 0.29) is 6.04 Å². The molecule has 1 atom stereocenters. The summed E-state index contributed by atoms with van der Waals surface area (Å²) >= 11 is 0. The summed E-state index contributed by atoms with van der Waals surface area (Å²) in [4.78, 5) is 6.70. The topological polar surface area (TPSA) is 51.4 Å². The minimum Gasteiger partial charge on any atom is -0.381 e. The van der Waals surface area contributed by atoms with Crippen LogP contribution in [0.5, 0.6) is 0 Å². The van der Waals surface area contributed by atoms with Gasteiger partial charge in [-0.25, -0.2) is 4.98 Å². The SMILES string of the molecule is C[C@H](N)c1ccc(N(C)CC2CCOCC2)nc1. The Kier molecular flexibility index (Phi) is 4.55. The van der Waals surface area contributed by atoms with Crippen molar-refractivity contribution in [2.75, 3.05) is 31.7 Å². The standard InChI is InChI=1S/C14H23N3O/c1-11(15)13-3-4-14(16-9-13)17(2)10-12-5-7-18-8-6-12/h3-4,9,11-12H,5-8,10,15H2,1-2H3/t11-/m0/s1. The Morgan fingerprint density at radius 2 is 2.17 bits per heavy atom. The molecule has 1 saturated heterocycles. The van der Waals surface area contributed by atoms with Crippen molar-refractivity contribution in [2.24, 2.45) is 11.7 Å². The van der Waals surface area contributed by atoms with Gasteiger partial charge in [0.2, 0.25) is 0 Å². The molecule has 0 amide bonds. The summed E-state index contributed by atoms with van der Waals surface area (Å²) in [6, 6.07) is 4.17. The number of nitrogens with zero attached hydrogens (tertiary/aromatic N) is 2. The molecule has 0 aromatic carbocycles. The third kappa shape index (κ3) is 3.43. The lowest BCUT2D eigenvalue weighted by molar-refractivity contribution is 0.0685. The van der Waals surface area contributed by atoms with Gasteiger partial charge in [0, 0.05) is 39.0 Å². The molecule has 4 nitrogen and oxygen atoms in total. The summed E-state index contributed by atoms with van der Waals surface area (Å²) < 4.78 is 5.38. The second kappa shape index (κ2) is 6.16. The van der Waals surface area contributed by atoms with Crippen molar-refractivity contribution in [3.8, 4) is 0 Å². The fraction of sp³-hybridized carbons (Fsp3) is 0.643. The normalized spacial score (nSPS) is 18.6. The molecule has 1 fully saturated rings. The number of aromatic nitrogens is 1. The van der Waals surface area contributed by atoms with Gasteiger partial charge in [-0.2, -0.15) is 0 Å². The molecule has 0 aliphatic carbocycles. The molecule has 0 spiro atoms. The smallest absolute Gasteiger partial charge is 0.128 e. The van der Waals surface area contributed by atoms with Crippen molar-refractivity contribution in [1.29, 1.82) is 0 Å².